The van der Waals surface area contributed by atoms with E-state index in [-0.39, 0.29) is 12.4 Å². The van der Waals surface area contributed by atoms with Gasteiger partial charge in [-0.15, -0.1) is 0 Å². The predicted octanol–water partition coefficient (Wildman–Crippen LogP) is 5.83. The van der Waals surface area contributed by atoms with Crippen molar-refractivity contribution in [2.45, 2.75) is 110 Å². The van der Waals surface area contributed by atoms with Crippen molar-refractivity contribution in [3.63, 3.8) is 0 Å². The number of unbranched alkanes of at least 4 members (excludes halogenated alkanes) is 11. The summed E-state index contributed by atoms with van der Waals surface area (Å²) in [7, 11) is 0. The minimum absolute atomic E-state index is 0.109. The molecule has 0 aliphatic carbocycles. The largest absolute Gasteiger partial charge is 0.345 e. The third-order valence-corrected chi connectivity index (χ3v) is 5.82. The van der Waals surface area contributed by atoms with Crippen molar-refractivity contribution in [2.24, 2.45) is 4.99 Å². The molecule has 1 aliphatic rings. The molecule has 0 spiro atoms. The van der Waals surface area contributed by atoms with Crippen LogP contribution in [0.2, 0.25) is 0 Å². The van der Waals surface area contributed by atoms with E-state index >= 15 is 0 Å². The van der Waals surface area contributed by atoms with E-state index in [1.807, 2.05) is 13.1 Å². The summed E-state index contributed by atoms with van der Waals surface area (Å²) in [6.07, 6.45) is 22.7. The Kier molecular flexibility index (Phi) is 12.1. The standard InChI is InChI=1S/C22H43N2O/c1-4-6-7-8-9-10-11-12-13-14-15-16-17-18-22-23-19-20-24(22,5-2)21(3)25/h17-19,21-22,25H,4-16,20H2,1-3H3/q+1/b18-17+. The highest BCUT2D eigenvalue weighted by Gasteiger charge is 2.40. The fourth-order valence-electron chi connectivity index (χ4n) is 3.87. The number of aliphatic imine (C=N–C) groups is 1. The summed E-state index contributed by atoms with van der Waals surface area (Å²) in [5.41, 5.74) is 0. The second kappa shape index (κ2) is 13.5. The van der Waals surface area contributed by atoms with Gasteiger partial charge in [0.25, 0.3) is 0 Å². The molecule has 25 heavy (non-hydrogen) atoms. The SMILES string of the molecule is CCCCCCCCCCCCC/C=C/C1N=CC[N+]1(CC)C(C)O. The van der Waals surface area contributed by atoms with Crippen LogP contribution in [0.25, 0.3) is 0 Å². The Hall–Kier alpha value is -0.670. The molecule has 0 saturated carbocycles. The molecule has 1 aliphatic heterocycles. The third-order valence-electron chi connectivity index (χ3n) is 5.82. The smallest absolute Gasteiger partial charge is 0.204 e. The Bertz CT molecular complexity index is 378. The maximum atomic E-state index is 10.1. The molecule has 3 unspecified atom stereocenters. The molecule has 0 fully saturated rings. The van der Waals surface area contributed by atoms with Crippen LogP contribution < -0.4 is 0 Å². The number of hydrogen-bond acceptors (Lipinski definition) is 2. The van der Waals surface area contributed by atoms with Gasteiger partial charge in [-0.2, -0.15) is 0 Å². The highest BCUT2D eigenvalue weighted by atomic mass is 16.3. The van der Waals surface area contributed by atoms with Gasteiger partial charge in [0, 0.05) is 6.92 Å². The minimum atomic E-state index is -0.357. The molecule has 3 heteroatoms. The van der Waals surface area contributed by atoms with Gasteiger partial charge in [-0.3, -0.25) is 4.48 Å². The number of quaternary nitrogens is 1. The number of nitrogens with zero attached hydrogens (tertiary/aromatic N) is 2. The van der Waals surface area contributed by atoms with Crippen molar-refractivity contribution >= 4 is 6.21 Å². The summed E-state index contributed by atoms with van der Waals surface area (Å²) in [6, 6.07) is 0. The maximum absolute atomic E-state index is 10.1. The van der Waals surface area contributed by atoms with Gasteiger partial charge in [-0.1, -0.05) is 77.2 Å². The van der Waals surface area contributed by atoms with Gasteiger partial charge in [0.15, 0.2) is 6.23 Å². The van der Waals surface area contributed by atoms with E-state index in [4.69, 9.17) is 0 Å². The van der Waals surface area contributed by atoms with Crippen LogP contribution >= 0.6 is 0 Å². The Balaban J connectivity index is 2.02. The van der Waals surface area contributed by atoms with Crippen LogP contribution in [0.5, 0.6) is 0 Å². The molecule has 0 amide bonds. The molecule has 0 saturated heterocycles. The lowest BCUT2D eigenvalue weighted by molar-refractivity contribution is -0.970. The lowest BCUT2D eigenvalue weighted by Crippen LogP contribution is -2.57. The van der Waals surface area contributed by atoms with Gasteiger partial charge < -0.3 is 5.11 Å². The zero-order valence-corrected chi connectivity index (χ0v) is 17.1. The summed E-state index contributed by atoms with van der Waals surface area (Å²) >= 11 is 0. The van der Waals surface area contributed by atoms with Crippen LogP contribution in [-0.4, -0.2) is 41.3 Å². The van der Waals surface area contributed by atoms with Crippen molar-refractivity contribution in [3.05, 3.63) is 12.2 Å². The second-order valence-corrected chi connectivity index (χ2v) is 7.73. The highest BCUT2D eigenvalue weighted by molar-refractivity contribution is 5.60. The second-order valence-electron chi connectivity index (χ2n) is 7.73. The van der Waals surface area contributed by atoms with Crippen LogP contribution in [-0.2, 0) is 0 Å². The molecule has 0 aromatic heterocycles. The molecule has 1 N–H and O–H groups in total. The van der Waals surface area contributed by atoms with Gasteiger partial charge in [0.05, 0.1) is 12.8 Å². The lowest BCUT2D eigenvalue weighted by atomic mass is 10.1. The van der Waals surface area contributed by atoms with Crippen LogP contribution in [0.1, 0.15) is 97.8 Å². The summed E-state index contributed by atoms with van der Waals surface area (Å²) in [6.45, 7) is 8.09. The summed E-state index contributed by atoms with van der Waals surface area (Å²) in [4.78, 5) is 4.58. The Morgan fingerprint density at radius 1 is 1.00 bits per heavy atom. The Morgan fingerprint density at radius 3 is 2.08 bits per heavy atom. The molecule has 1 heterocycles. The molecular weight excluding hydrogens is 308 g/mol. The normalized spacial score (nSPS) is 24.4. The average molecular weight is 352 g/mol. The predicted molar refractivity (Wildman–Crippen MR) is 110 cm³/mol. The third kappa shape index (κ3) is 8.04. The quantitative estimate of drug-likeness (QED) is 0.225. The number of hydrogen-bond donors (Lipinski definition) is 1. The van der Waals surface area contributed by atoms with Crippen molar-refractivity contribution < 1.29 is 9.59 Å². The van der Waals surface area contributed by atoms with Gasteiger partial charge in [-0.25, -0.2) is 4.99 Å². The minimum Gasteiger partial charge on any atom is -0.345 e. The van der Waals surface area contributed by atoms with Gasteiger partial charge in [0.1, 0.15) is 6.54 Å². The number of likely N-dealkylation sites (N-methyl/N-ethyl adjacent to an activating group) is 1. The molecule has 3 atom stereocenters. The molecule has 0 aromatic rings. The van der Waals surface area contributed by atoms with Gasteiger partial charge in [-0.05, 0) is 25.8 Å². The van der Waals surface area contributed by atoms with E-state index in [2.05, 4.69) is 31.0 Å². The van der Waals surface area contributed by atoms with E-state index in [0.29, 0.717) is 4.48 Å². The van der Waals surface area contributed by atoms with E-state index in [1.165, 1.54) is 70.6 Å². The van der Waals surface area contributed by atoms with E-state index in [9.17, 15) is 5.11 Å². The van der Waals surface area contributed by atoms with Crippen molar-refractivity contribution in [1.29, 1.82) is 0 Å². The molecular formula is C22H43N2O+. The fourth-order valence-corrected chi connectivity index (χ4v) is 3.87. The summed E-state index contributed by atoms with van der Waals surface area (Å²) < 4.78 is 0.661. The number of aliphatic hydroxyl groups is 1. The average Bonchev–Trinajstić information content (AvgIpc) is 3.03. The van der Waals surface area contributed by atoms with Crippen LogP contribution in [0, 0.1) is 0 Å². The maximum Gasteiger partial charge on any atom is 0.204 e. The van der Waals surface area contributed by atoms with Crippen LogP contribution in [0.3, 0.4) is 0 Å². The monoisotopic (exact) mass is 351 g/mol. The summed E-state index contributed by atoms with van der Waals surface area (Å²) in [5.74, 6) is 0. The number of rotatable bonds is 15. The van der Waals surface area contributed by atoms with Crippen LogP contribution in [0.4, 0.5) is 0 Å². The van der Waals surface area contributed by atoms with E-state index in [1.54, 1.807) is 0 Å². The number of aliphatic hydroxyl groups excluding tert-OH is 1. The fraction of sp³-hybridized carbons (Fsp3) is 0.864. The highest BCUT2D eigenvalue weighted by Crippen LogP contribution is 2.24. The molecule has 1 rings (SSSR count). The van der Waals surface area contributed by atoms with Crippen molar-refractivity contribution in [1.82, 2.24) is 0 Å². The van der Waals surface area contributed by atoms with Crippen molar-refractivity contribution in [2.75, 3.05) is 13.1 Å². The van der Waals surface area contributed by atoms with Crippen molar-refractivity contribution in [3.8, 4) is 0 Å². The van der Waals surface area contributed by atoms with E-state index in [0.717, 1.165) is 19.5 Å². The van der Waals surface area contributed by atoms with Gasteiger partial charge in [0.2, 0.25) is 6.17 Å². The Labute approximate surface area is 156 Å². The first-order valence-electron chi connectivity index (χ1n) is 10.9. The molecule has 0 bridgehead atoms. The lowest BCUT2D eigenvalue weighted by Gasteiger charge is -2.39. The van der Waals surface area contributed by atoms with Crippen LogP contribution in [0.15, 0.2) is 17.1 Å². The zero-order chi connectivity index (χ0) is 18.4. The molecule has 3 nitrogen and oxygen atoms in total. The molecule has 0 aromatic carbocycles. The zero-order valence-electron chi connectivity index (χ0n) is 17.1. The van der Waals surface area contributed by atoms with Gasteiger partial charge >= 0.3 is 0 Å². The first-order chi connectivity index (χ1) is 12.2. The first-order valence-corrected chi connectivity index (χ1v) is 10.9. The molecule has 146 valence electrons. The first kappa shape index (κ1) is 22.4. The van der Waals surface area contributed by atoms with E-state index < -0.39 is 0 Å². The topological polar surface area (TPSA) is 32.6 Å². The Morgan fingerprint density at radius 2 is 1.56 bits per heavy atom. The molecule has 0 radical (unpaired) electrons. The summed E-state index contributed by atoms with van der Waals surface area (Å²) in [5, 5.41) is 10.1. The number of allylic oxidation sites excluding steroid dienone is 1.